The van der Waals surface area contributed by atoms with Crippen molar-refractivity contribution in [2.45, 2.75) is 57.2 Å². The number of nitrogens with zero attached hydrogens (tertiary/aromatic N) is 4. The van der Waals surface area contributed by atoms with E-state index in [1.54, 1.807) is 0 Å². The van der Waals surface area contributed by atoms with E-state index in [2.05, 4.69) is 17.0 Å². The maximum absolute atomic E-state index is 14.9. The van der Waals surface area contributed by atoms with Crippen molar-refractivity contribution < 1.29 is 27.2 Å². The minimum absolute atomic E-state index is 0.126. The predicted octanol–water partition coefficient (Wildman–Crippen LogP) is 5.16. The number of alkyl halides is 3. The zero-order chi connectivity index (χ0) is 27.5. The lowest BCUT2D eigenvalue weighted by Crippen LogP contribution is -2.49. The van der Waals surface area contributed by atoms with Crippen LogP contribution in [0.15, 0.2) is 46.2 Å². The molecule has 0 radical (unpaired) electrons. The number of hydrogen-bond acceptors (Lipinski definition) is 5. The summed E-state index contributed by atoms with van der Waals surface area (Å²) in [5.41, 5.74) is -3.72. The van der Waals surface area contributed by atoms with E-state index >= 15 is 0 Å². The molecule has 1 N–H and O–H groups in total. The molecule has 0 bridgehead atoms. The number of benzene rings is 1. The molecule has 1 saturated carbocycles. The fourth-order valence-corrected chi connectivity index (χ4v) is 5.30. The lowest BCUT2D eigenvalue weighted by molar-refractivity contribution is -0.129. The van der Waals surface area contributed by atoms with Gasteiger partial charge < -0.3 is 10.2 Å². The molecule has 1 spiro atoms. The van der Waals surface area contributed by atoms with Gasteiger partial charge in [-0.25, -0.2) is 4.39 Å². The summed E-state index contributed by atoms with van der Waals surface area (Å²) in [5, 5.41) is 11.3. The van der Waals surface area contributed by atoms with Crippen molar-refractivity contribution in [1.82, 2.24) is 10.2 Å². The number of amides is 2. The van der Waals surface area contributed by atoms with Crippen LogP contribution in [0.4, 0.5) is 23.2 Å². The van der Waals surface area contributed by atoms with Gasteiger partial charge in [-0.15, -0.1) is 0 Å². The van der Waals surface area contributed by atoms with Crippen molar-refractivity contribution in [2.75, 3.05) is 11.9 Å². The molecule has 1 aromatic carbocycles. The summed E-state index contributed by atoms with van der Waals surface area (Å²) in [6.07, 6.45) is -0.572. The fourth-order valence-electron chi connectivity index (χ4n) is 4.79. The average Bonchev–Trinajstić information content (AvgIpc) is 2.99. The van der Waals surface area contributed by atoms with Crippen LogP contribution in [0.1, 0.15) is 55.8 Å². The second kappa shape index (κ2) is 10.8. The highest BCUT2D eigenvalue weighted by Crippen LogP contribution is 2.44. The smallest absolute Gasteiger partial charge is 0.355 e. The van der Waals surface area contributed by atoms with Crippen LogP contribution in [-0.4, -0.2) is 47.3 Å². The van der Waals surface area contributed by atoms with Crippen LogP contribution < -0.4 is 10.2 Å². The molecule has 1 aromatic rings. The largest absolute Gasteiger partial charge is 0.419 e. The van der Waals surface area contributed by atoms with Crippen molar-refractivity contribution >= 4 is 41.5 Å². The third-order valence-corrected chi connectivity index (χ3v) is 6.92. The Kier molecular flexibility index (Phi) is 8.17. The number of allylic oxidation sites excluding steroid dienone is 4. The summed E-state index contributed by atoms with van der Waals surface area (Å²) < 4.78 is 56.1. The normalized spacial score (nSPS) is 18.9. The Morgan fingerprint density at radius 2 is 1.89 bits per heavy atom. The van der Waals surface area contributed by atoms with Crippen LogP contribution in [0.25, 0.3) is 0 Å². The second-order valence-corrected chi connectivity index (χ2v) is 9.13. The number of nitrogens with one attached hydrogen (secondary N) is 1. The van der Waals surface area contributed by atoms with Crippen molar-refractivity contribution in [3.8, 4) is 6.07 Å². The molecule has 1 aliphatic heterocycles. The van der Waals surface area contributed by atoms with E-state index in [0.717, 1.165) is 23.8 Å². The summed E-state index contributed by atoms with van der Waals surface area (Å²) in [7, 11) is 1.36. The molecular formula is C25H25F4N5O2S. The van der Waals surface area contributed by atoms with Gasteiger partial charge in [0.25, 0.3) is 11.8 Å². The van der Waals surface area contributed by atoms with Crippen molar-refractivity contribution in [3.63, 3.8) is 0 Å². The van der Waals surface area contributed by atoms with E-state index in [4.69, 9.17) is 17.5 Å². The molecule has 3 rings (SSSR count). The summed E-state index contributed by atoms with van der Waals surface area (Å²) in [6, 6.07) is 5.19. The molecule has 2 amide bonds. The van der Waals surface area contributed by atoms with E-state index in [0.29, 0.717) is 31.8 Å². The summed E-state index contributed by atoms with van der Waals surface area (Å²) in [6.45, 7) is 4.30. The van der Waals surface area contributed by atoms with Crippen LogP contribution in [0.3, 0.4) is 0 Å². The van der Waals surface area contributed by atoms with E-state index in [9.17, 15) is 27.2 Å². The predicted molar refractivity (Wildman–Crippen MR) is 134 cm³/mol. The van der Waals surface area contributed by atoms with E-state index in [1.807, 2.05) is 0 Å². The molecule has 37 heavy (non-hydrogen) atoms. The van der Waals surface area contributed by atoms with Gasteiger partial charge in [-0.2, -0.15) is 18.4 Å². The van der Waals surface area contributed by atoms with Crippen molar-refractivity contribution in [1.29, 1.82) is 5.26 Å². The number of nitriles is 1. The quantitative estimate of drug-likeness (QED) is 0.185. The van der Waals surface area contributed by atoms with Crippen molar-refractivity contribution in [3.05, 3.63) is 52.6 Å². The second-order valence-electron chi connectivity index (χ2n) is 8.76. The number of anilines is 1. The van der Waals surface area contributed by atoms with Crippen LogP contribution in [-0.2, 0) is 4.79 Å². The Bertz CT molecular complexity index is 1240. The number of carbonyl (C=O) groups is 2. The van der Waals surface area contributed by atoms with Gasteiger partial charge in [0.05, 0.1) is 11.1 Å². The number of halogens is 4. The van der Waals surface area contributed by atoms with Gasteiger partial charge in [0.2, 0.25) is 0 Å². The minimum atomic E-state index is -4.95. The number of rotatable bonds is 5. The average molecular weight is 536 g/mol. The van der Waals surface area contributed by atoms with Crippen LogP contribution in [0, 0.1) is 17.1 Å². The first-order chi connectivity index (χ1) is 17.4. The summed E-state index contributed by atoms with van der Waals surface area (Å²) in [5.74, 6) is -2.00. The van der Waals surface area contributed by atoms with Crippen LogP contribution in [0.5, 0.6) is 0 Å². The van der Waals surface area contributed by atoms with Gasteiger partial charge in [-0.05, 0) is 63.0 Å². The Morgan fingerprint density at radius 3 is 2.38 bits per heavy atom. The molecule has 1 aliphatic carbocycles. The highest BCUT2D eigenvalue weighted by Gasteiger charge is 2.56. The highest BCUT2D eigenvalue weighted by molar-refractivity contribution is 7.80. The third kappa shape index (κ3) is 5.13. The Labute approximate surface area is 217 Å². The molecule has 0 atom stereocenters. The first-order valence-corrected chi connectivity index (χ1v) is 11.9. The molecule has 12 heteroatoms. The van der Waals surface area contributed by atoms with E-state index in [1.165, 1.54) is 37.1 Å². The minimum Gasteiger partial charge on any atom is -0.355 e. The van der Waals surface area contributed by atoms with Gasteiger partial charge >= 0.3 is 6.18 Å². The lowest BCUT2D eigenvalue weighted by atomic mass is 9.88. The lowest BCUT2D eigenvalue weighted by Gasteiger charge is -2.35. The molecule has 1 saturated heterocycles. The summed E-state index contributed by atoms with van der Waals surface area (Å²) in [4.78, 5) is 31.5. The number of hydrogen-bond donors (Lipinski definition) is 1. The van der Waals surface area contributed by atoms with Crippen molar-refractivity contribution in [2.24, 2.45) is 4.99 Å². The molecule has 1 heterocycles. The monoisotopic (exact) mass is 535 g/mol. The Hall–Kier alpha value is -3.59. The van der Waals surface area contributed by atoms with E-state index in [-0.39, 0.29) is 22.1 Å². The van der Waals surface area contributed by atoms with Crippen LogP contribution >= 0.6 is 12.2 Å². The fraction of sp³-hybridized carbons (Fsp3) is 0.400. The molecular weight excluding hydrogens is 510 g/mol. The molecule has 2 aliphatic rings. The molecule has 2 fully saturated rings. The summed E-state index contributed by atoms with van der Waals surface area (Å²) >= 11 is 5.60. The first-order valence-electron chi connectivity index (χ1n) is 11.5. The standard InChI is InChI=1S/C25H25F4N5O2S/c1-15(12-18(25(27,28)29)20(14-30)31-2)33-22(36)24(10-6-4-5-7-11-24)34(23(33)37)16-8-9-17(19(26)13-16)21(35)32-3/h8-9,12-13H,2,4-7,10-11H2,1,3H3,(H,32,35)/b15-12+,20-18+. The van der Waals surface area contributed by atoms with Gasteiger partial charge in [0, 0.05) is 18.4 Å². The maximum atomic E-state index is 14.9. The topological polar surface area (TPSA) is 88.8 Å². The molecule has 0 aromatic heterocycles. The zero-order valence-corrected chi connectivity index (χ0v) is 21.1. The molecule has 0 unspecified atom stereocenters. The van der Waals surface area contributed by atoms with Gasteiger partial charge in [-0.3, -0.25) is 19.5 Å². The molecule has 7 nitrogen and oxygen atoms in total. The SMILES string of the molecule is C=N/C(C#N)=C(\C=C(/C)N1C(=O)C2(CCCCCC2)N(c2ccc(C(=O)NC)c(F)c2)C1=S)C(F)(F)F. The van der Waals surface area contributed by atoms with E-state index < -0.39 is 40.6 Å². The van der Waals surface area contributed by atoms with Crippen LogP contribution in [0.2, 0.25) is 0 Å². The van der Waals surface area contributed by atoms with Gasteiger partial charge in [-0.1, -0.05) is 25.7 Å². The van der Waals surface area contributed by atoms with Gasteiger partial charge in [0.15, 0.2) is 10.8 Å². The van der Waals surface area contributed by atoms with Gasteiger partial charge in [0.1, 0.15) is 17.4 Å². The number of aliphatic imine (C=N–C) groups is 1. The highest BCUT2D eigenvalue weighted by atomic mass is 32.1. The number of carbonyl (C=O) groups excluding carboxylic acids is 2. The Balaban J connectivity index is 2.18. The third-order valence-electron chi connectivity index (χ3n) is 6.56. The maximum Gasteiger partial charge on any atom is 0.419 e. The molecule has 196 valence electrons. The zero-order valence-electron chi connectivity index (χ0n) is 20.3. The number of thiocarbonyl (C=S) groups is 1. The Morgan fingerprint density at radius 1 is 1.27 bits per heavy atom. The first kappa shape index (κ1) is 28.0.